The molecule has 0 spiro atoms. The van der Waals surface area contributed by atoms with Gasteiger partial charge >= 0.3 is 5.97 Å². The van der Waals surface area contributed by atoms with Crippen molar-refractivity contribution in [1.29, 1.82) is 0 Å². The zero-order chi connectivity index (χ0) is 23.3. The van der Waals surface area contributed by atoms with E-state index < -0.39 is 0 Å². The van der Waals surface area contributed by atoms with E-state index >= 15 is 0 Å². The highest BCUT2D eigenvalue weighted by atomic mass is 16.5. The molecule has 2 aliphatic carbocycles. The summed E-state index contributed by atoms with van der Waals surface area (Å²) in [7, 11) is 0. The number of ether oxygens (including phenoxy) is 2. The highest BCUT2D eigenvalue weighted by Crippen LogP contribution is 2.34. The van der Waals surface area contributed by atoms with Crippen LogP contribution in [-0.2, 0) is 4.79 Å². The van der Waals surface area contributed by atoms with Gasteiger partial charge in [-0.05, 0) is 80.5 Å². The zero-order valence-corrected chi connectivity index (χ0v) is 21.4. The average Bonchev–Trinajstić information content (AvgIpc) is 2.84. The smallest absolute Gasteiger partial charge is 0.314 e. The van der Waals surface area contributed by atoms with Gasteiger partial charge in [-0.1, -0.05) is 78.1 Å². The fourth-order valence-electron chi connectivity index (χ4n) is 5.95. The number of hydrogen-bond donors (Lipinski definition) is 0. The van der Waals surface area contributed by atoms with E-state index in [-0.39, 0.29) is 11.9 Å². The maximum absolute atomic E-state index is 12.6. The number of hydrogen-bond acceptors (Lipinski definition) is 3. The third-order valence-corrected chi connectivity index (χ3v) is 8.13. The summed E-state index contributed by atoms with van der Waals surface area (Å²) in [4.78, 5) is 12.6. The lowest BCUT2D eigenvalue weighted by Gasteiger charge is -2.28. The van der Waals surface area contributed by atoms with Crippen molar-refractivity contribution in [2.75, 3.05) is 6.61 Å². The Morgan fingerprint density at radius 1 is 0.697 bits per heavy atom. The van der Waals surface area contributed by atoms with Crippen LogP contribution in [0.5, 0.6) is 11.5 Å². The largest absolute Gasteiger partial charge is 0.494 e. The van der Waals surface area contributed by atoms with Crippen LogP contribution in [0.15, 0.2) is 24.3 Å². The summed E-state index contributed by atoms with van der Waals surface area (Å²) < 4.78 is 11.6. The van der Waals surface area contributed by atoms with Gasteiger partial charge in [-0.3, -0.25) is 4.79 Å². The van der Waals surface area contributed by atoms with Crippen molar-refractivity contribution in [2.45, 2.75) is 117 Å². The van der Waals surface area contributed by atoms with Crippen LogP contribution >= 0.6 is 0 Å². The lowest BCUT2D eigenvalue weighted by atomic mass is 9.78. The van der Waals surface area contributed by atoms with Gasteiger partial charge < -0.3 is 9.47 Å². The Kier molecular flexibility index (Phi) is 11.6. The molecule has 0 atom stereocenters. The van der Waals surface area contributed by atoms with Crippen molar-refractivity contribution in [2.24, 2.45) is 23.7 Å². The van der Waals surface area contributed by atoms with Gasteiger partial charge in [-0.2, -0.15) is 0 Å². The maximum atomic E-state index is 12.6. The van der Waals surface area contributed by atoms with Crippen LogP contribution in [0.1, 0.15) is 117 Å². The van der Waals surface area contributed by atoms with Crippen LogP contribution < -0.4 is 9.47 Å². The normalized spacial score (nSPS) is 25.5. The third kappa shape index (κ3) is 9.33. The average molecular weight is 457 g/mol. The summed E-state index contributed by atoms with van der Waals surface area (Å²) in [6.45, 7) is 5.34. The van der Waals surface area contributed by atoms with Gasteiger partial charge in [-0.15, -0.1) is 0 Å². The van der Waals surface area contributed by atoms with E-state index in [0.29, 0.717) is 5.75 Å². The molecule has 0 amide bonds. The van der Waals surface area contributed by atoms with Crippen molar-refractivity contribution in [3.8, 4) is 11.5 Å². The van der Waals surface area contributed by atoms with Gasteiger partial charge in [0.05, 0.1) is 12.5 Å². The predicted octanol–water partition coefficient (Wildman–Crippen LogP) is 8.74. The maximum Gasteiger partial charge on any atom is 0.314 e. The molecule has 0 aliphatic heterocycles. The fourth-order valence-corrected chi connectivity index (χ4v) is 5.95. The van der Waals surface area contributed by atoms with Crippen molar-refractivity contribution in [3.05, 3.63) is 24.3 Å². The van der Waals surface area contributed by atoms with E-state index in [1.54, 1.807) is 0 Å². The van der Waals surface area contributed by atoms with Gasteiger partial charge in [0.1, 0.15) is 11.5 Å². The van der Waals surface area contributed by atoms with Crippen LogP contribution in [-0.4, -0.2) is 12.6 Å². The summed E-state index contributed by atoms with van der Waals surface area (Å²) in [5.41, 5.74) is 0. The number of unbranched alkanes of at least 4 members (excludes halogenated alkanes) is 2. The van der Waals surface area contributed by atoms with Crippen LogP contribution in [0, 0.1) is 23.7 Å². The Morgan fingerprint density at radius 3 is 1.85 bits per heavy atom. The monoisotopic (exact) mass is 456 g/mol. The lowest BCUT2D eigenvalue weighted by molar-refractivity contribution is -0.140. The molecule has 186 valence electrons. The second-order valence-electron chi connectivity index (χ2n) is 10.8. The van der Waals surface area contributed by atoms with E-state index in [9.17, 15) is 4.79 Å². The van der Waals surface area contributed by atoms with Crippen molar-refractivity contribution < 1.29 is 14.3 Å². The quantitative estimate of drug-likeness (QED) is 0.169. The molecule has 0 radical (unpaired) electrons. The van der Waals surface area contributed by atoms with Crippen LogP contribution in [0.25, 0.3) is 0 Å². The number of benzene rings is 1. The molecule has 2 aliphatic rings. The molecule has 3 heteroatoms. The predicted molar refractivity (Wildman–Crippen MR) is 137 cm³/mol. The molecule has 0 bridgehead atoms. The van der Waals surface area contributed by atoms with Gasteiger partial charge in [0.2, 0.25) is 0 Å². The topological polar surface area (TPSA) is 35.5 Å². The highest BCUT2D eigenvalue weighted by Gasteiger charge is 2.27. The van der Waals surface area contributed by atoms with E-state index in [0.717, 1.165) is 49.4 Å². The summed E-state index contributed by atoms with van der Waals surface area (Å²) in [6, 6.07) is 7.61. The molecule has 33 heavy (non-hydrogen) atoms. The summed E-state index contributed by atoms with van der Waals surface area (Å²) in [6.07, 6.45) is 20.4. The SMILES string of the molecule is CCCCCC1CCC(C(=O)Oc2ccc(OCCCC3CCC(CCC)CC3)cc2)CC1. The Bertz CT molecular complexity index is 652. The number of esters is 1. The van der Waals surface area contributed by atoms with Crippen molar-refractivity contribution in [1.82, 2.24) is 0 Å². The Morgan fingerprint density at radius 2 is 1.24 bits per heavy atom. The Balaban J connectivity index is 1.28. The van der Waals surface area contributed by atoms with E-state index in [4.69, 9.17) is 9.47 Å². The van der Waals surface area contributed by atoms with E-state index in [1.807, 2.05) is 24.3 Å². The van der Waals surface area contributed by atoms with Gasteiger partial charge in [-0.25, -0.2) is 0 Å². The third-order valence-electron chi connectivity index (χ3n) is 8.13. The first-order valence-electron chi connectivity index (χ1n) is 14.1. The second-order valence-corrected chi connectivity index (χ2v) is 10.8. The molecule has 2 fully saturated rings. The Labute approximate surface area is 203 Å². The molecule has 2 saturated carbocycles. The first kappa shape index (κ1) is 26.1. The molecule has 3 nitrogen and oxygen atoms in total. The van der Waals surface area contributed by atoms with Gasteiger partial charge in [0, 0.05) is 0 Å². The first-order chi connectivity index (χ1) is 16.2. The molecular formula is C30H48O3. The molecule has 1 aromatic carbocycles. The highest BCUT2D eigenvalue weighted by molar-refractivity contribution is 5.75. The van der Waals surface area contributed by atoms with Crippen LogP contribution in [0.3, 0.4) is 0 Å². The molecule has 0 aromatic heterocycles. The summed E-state index contributed by atoms with van der Waals surface area (Å²) >= 11 is 0. The molecule has 0 heterocycles. The molecule has 0 saturated heterocycles. The summed E-state index contributed by atoms with van der Waals surface area (Å²) in [5.74, 6) is 4.23. The number of carbonyl (C=O) groups excluding carboxylic acids is 1. The molecule has 3 rings (SSSR count). The minimum Gasteiger partial charge on any atom is -0.494 e. The minimum atomic E-state index is -0.0515. The van der Waals surface area contributed by atoms with E-state index in [1.165, 1.54) is 83.5 Å². The number of rotatable bonds is 13. The van der Waals surface area contributed by atoms with Crippen LogP contribution in [0.2, 0.25) is 0 Å². The van der Waals surface area contributed by atoms with Crippen molar-refractivity contribution in [3.63, 3.8) is 0 Å². The summed E-state index contributed by atoms with van der Waals surface area (Å²) in [5, 5.41) is 0. The van der Waals surface area contributed by atoms with Crippen molar-refractivity contribution >= 4 is 5.97 Å². The van der Waals surface area contributed by atoms with Gasteiger partial charge in [0.25, 0.3) is 0 Å². The molecular weight excluding hydrogens is 408 g/mol. The Hall–Kier alpha value is -1.51. The molecule has 1 aromatic rings. The molecule has 0 N–H and O–H groups in total. The van der Waals surface area contributed by atoms with E-state index in [2.05, 4.69) is 13.8 Å². The minimum absolute atomic E-state index is 0.0515. The zero-order valence-electron chi connectivity index (χ0n) is 21.4. The fraction of sp³-hybridized carbons (Fsp3) is 0.767. The van der Waals surface area contributed by atoms with Gasteiger partial charge in [0.15, 0.2) is 0 Å². The lowest BCUT2D eigenvalue weighted by Crippen LogP contribution is -2.25. The van der Waals surface area contributed by atoms with Crippen LogP contribution in [0.4, 0.5) is 0 Å². The molecule has 0 unspecified atom stereocenters. The standard InChI is InChI=1S/C30H48O3/c1-3-5-6-9-25-15-17-27(18-16-25)30(31)33-29-21-19-28(20-22-29)32-23-7-10-26-13-11-24(8-4-2)12-14-26/h19-22,24-27H,3-18,23H2,1-2H3. The first-order valence-corrected chi connectivity index (χ1v) is 14.1. The second kappa shape index (κ2) is 14.7. The number of carbonyl (C=O) groups is 1.